The van der Waals surface area contributed by atoms with Gasteiger partial charge in [-0.1, -0.05) is 64.1 Å². The van der Waals surface area contributed by atoms with E-state index in [1.165, 1.54) is 17.2 Å². The fourth-order valence-corrected chi connectivity index (χ4v) is 2.53. The molecule has 20 heavy (non-hydrogen) atoms. The van der Waals surface area contributed by atoms with E-state index in [1.807, 2.05) is 12.1 Å². The van der Waals surface area contributed by atoms with Gasteiger partial charge in [-0.2, -0.15) is 0 Å². The molecule has 0 spiro atoms. The molecular formula is C19H23F. The van der Waals surface area contributed by atoms with Crippen LogP contribution in [0.25, 0.3) is 11.1 Å². The van der Waals surface area contributed by atoms with Crippen LogP contribution in [0.5, 0.6) is 0 Å². The summed E-state index contributed by atoms with van der Waals surface area (Å²) in [6.45, 7) is 8.81. The summed E-state index contributed by atoms with van der Waals surface area (Å²) in [5, 5.41) is 0. The van der Waals surface area contributed by atoms with Crippen molar-refractivity contribution in [3.05, 3.63) is 59.4 Å². The summed E-state index contributed by atoms with van der Waals surface area (Å²) in [6, 6.07) is 13.4. The third-order valence-corrected chi connectivity index (χ3v) is 3.46. The Morgan fingerprint density at radius 1 is 0.950 bits per heavy atom. The molecule has 0 atom stereocenters. The van der Waals surface area contributed by atoms with E-state index in [0.717, 1.165) is 18.4 Å². The van der Waals surface area contributed by atoms with Crippen molar-refractivity contribution < 1.29 is 4.39 Å². The zero-order valence-electron chi connectivity index (χ0n) is 12.8. The molecule has 0 aromatic heterocycles. The van der Waals surface area contributed by atoms with Crippen molar-refractivity contribution in [2.75, 3.05) is 0 Å². The van der Waals surface area contributed by atoms with Gasteiger partial charge < -0.3 is 0 Å². The third-order valence-electron chi connectivity index (χ3n) is 3.46. The van der Waals surface area contributed by atoms with Gasteiger partial charge in [0.15, 0.2) is 0 Å². The molecule has 0 saturated heterocycles. The number of hydrogen-bond acceptors (Lipinski definition) is 0. The minimum absolute atomic E-state index is 0.146. The van der Waals surface area contributed by atoms with E-state index in [-0.39, 0.29) is 11.2 Å². The molecule has 2 rings (SSSR count). The molecule has 0 nitrogen and oxygen atoms in total. The first kappa shape index (κ1) is 14.8. The molecule has 2 aromatic rings. The summed E-state index contributed by atoms with van der Waals surface area (Å²) in [6.07, 6.45) is 1.96. The van der Waals surface area contributed by atoms with Crippen LogP contribution in [0.3, 0.4) is 0 Å². The molecule has 0 fully saturated rings. The Morgan fingerprint density at radius 3 is 2.25 bits per heavy atom. The standard InChI is InChI=1S/C19H23F/c1-5-14-10-11-16(15(12-14)13-19(2,3)4)17-8-6-7-9-18(17)20/h6-12H,5,13H2,1-4H3. The topological polar surface area (TPSA) is 0 Å². The first-order chi connectivity index (χ1) is 9.40. The second-order valence-corrected chi connectivity index (χ2v) is 6.56. The molecule has 0 heterocycles. The second-order valence-electron chi connectivity index (χ2n) is 6.56. The lowest BCUT2D eigenvalue weighted by Gasteiger charge is -2.21. The van der Waals surface area contributed by atoms with E-state index in [0.29, 0.717) is 5.56 Å². The highest BCUT2D eigenvalue weighted by Crippen LogP contribution is 2.31. The molecule has 2 aromatic carbocycles. The smallest absolute Gasteiger partial charge is 0.131 e. The van der Waals surface area contributed by atoms with Crippen LogP contribution in [0.2, 0.25) is 0 Å². The van der Waals surface area contributed by atoms with Crippen LogP contribution in [-0.2, 0) is 12.8 Å². The van der Waals surface area contributed by atoms with Crippen LogP contribution < -0.4 is 0 Å². The Morgan fingerprint density at radius 2 is 1.65 bits per heavy atom. The van der Waals surface area contributed by atoms with E-state index in [9.17, 15) is 4.39 Å². The first-order valence-corrected chi connectivity index (χ1v) is 7.27. The van der Waals surface area contributed by atoms with E-state index in [1.54, 1.807) is 6.07 Å². The molecule has 0 radical (unpaired) electrons. The van der Waals surface area contributed by atoms with Crippen LogP contribution in [0.15, 0.2) is 42.5 Å². The van der Waals surface area contributed by atoms with Crippen molar-refractivity contribution in [1.29, 1.82) is 0 Å². The summed E-state index contributed by atoms with van der Waals surface area (Å²) < 4.78 is 14.1. The van der Waals surface area contributed by atoms with Crippen molar-refractivity contribution in [2.24, 2.45) is 5.41 Å². The van der Waals surface area contributed by atoms with Crippen LogP contribution in [0.4, 0.5) is 4.39 Å². The molecule has 106 valence electrons. The van der Waals surface area contributed by atoms with E-state index in [4.69, 9.17) is 0 Å². The fourth-order valence-electron chi connectivity index (χ4n) is 2.53. The van der Waals surface area contributed by atoms with Gasteiger partial charge in [-0.25, -0.2) is 4.39 Å². The Bertz CT molecular complexity index is 591. The lowest BCUT2D eigenvalue weighted by Crippen LogP contribution is -2.10. The molecule has 0 aliphatic heterocycles. The molecule has 1 heteroatoms. The number of benzene rings is 2. The maximum absolute atomic E-state index is 14.1. The maximum atomic E-state index is 14.1. The summed E-state index contributed by atoms with van der Waals surface area (Å²) in [5.41, 5.74) is 4.46. The molecule has 0 N–H and O–H groups in total. The van der Waals surface area contributed by atoms with Gasteiger partial charge in [0.2, 0.25) is 0 Å². The van der Waals surface area contributed by atoms with Gasteiger partial charge in [0, 0.05) is 5.56 Å². The van der Waals surface area contributed by atoms with Crippen molar-refractivity contribution >= 4 is 0 Å². The van der Waals surface area contributed by atoms with Crippen LogP contribution in [-0.4, -0.2) is 0 Å². The Hall–Kier alpha value is -1.63. The lowest BCUT2D eigenvalue weighted by atomic mass is 9.84. The van der Waals surface area contributed by atoms with E-state index in [2.05, 4.69) is 45.9 Å². The number of aryl methyl sites for hydroxylation is 1. The zero-order chi connectivity index (χ0) is 14.8. The van der Waals surface area contributed by atoms with Crippen molar-refractivity contribution in [1.82, 2.24) is 0 Å². The van der Waals surface area contributed by atoms with Crippen molar-refractivity contribution in [3.63, 3.8) is 0 Å². The normalized spacial score (nSPS) is 11.7. The molecule has 0 unspecified atom stereocenters. The largest absolute Gasteiger partial charge is 0.206 e. The van der Waals surface area contributed by atoms with Gasteiger partial charge in [-0.05, 0) is 41.0 Å². The van der Waals surface area contributed by atoms with Crippen LogP contribution in [0.1, 0.15) is 38.8 Å². The molecule has 0 amide bonds. The van der Waals surface area contributed by atoms with Crippen LogP contribution >= 0.6 is 0 Å². The van der Waals surface area contributed by atoms with Gasteiger partial charge in [-0.15, -0.1) is 0 Å². The van der Waals surface area contributed by atoms with E-state index < -0.39 is 0 Å². The SMILES string of the molecule is CCc1ccc(-c2ccccc2F)c(CC(C)(C)C)c1. The van der Waals surface area contributed by atoms with Crippen LogP contribution in [0, 0.1) is 11.2 Å². The zero-order valence-corrected chi connectivity index (χ0v) is 12.8. The minimum atomic E-state index is -0.146. The summed E-state index contributed by atoms with van der Waals surface area (Å²) >= 11 is 0. The fraction of sp³-hybridized carbons (Fsp3) is 0.368. The quantitative estimate of drug-likeness (QED) is 0.676. The lowest BCUT2D eigenvalue weighted by molar-refractivity contribution is 0.411. The predicted molar refractivity (Wildman–Crippen MR) is 84.4 cm³/mol. The molecule has 0 aliphatic carbocycles. The highest BCUT2D eigenvalue weighted by molar-refractivity contribution is 5.68. The Balaban J connectivity index is 2.55. The highest BCUT2D eigenvalue weighted by atomic mass is 19.1. The molecule has 0 saturated carbocycles. The Labute approximate surface area is 121 Å². The van der Waals surface area contributed by atoms with Gasteiger partial charge in [0.25, 0.3) is 0 Å². The third kappa shape index (κ3) is 3.47. The number of hydrogen-bond donors (Lipinski definition) is 0. The summed E-state index contributed by atoms with van der Waals surface area (Å²) in [4.78, 5) is 0. The monoisotopic (exact) mass is 270 g/mol. The first-order valence-electron chi connectivity index (χ1n) is 7.27. The van der Waals surface area contributed by atoms with Crippen molar-refractivity contribution in [2.45, 2.75) is 40.5 Å². The second kappa shape index (κ2) is 5.78. The maximum Gasteiger partial charge on any atom is 0.131 e. The predicted octanol–water partition coefficient (Wildman–Crippen LogP) is 5.64. The van der Waals surface area contributed by atoms with Gasteiger partial charge >= 0.3 is 0 Å². The molecule has 0 aliphatic rings. The highest BCUT2D eigenvalue weighted by Gasteiger charge is 2.16. The minimum Gasteiger partial charge on any atom is -0.206 e. The van der Waals surface area contributed by atoms with Gasteiger partial charge in [0.05, 0.1) is 0 Å². The number of halogens is 1. The average Bonchev–Trinajstić information content (AvgIpc) is 2.38. The van der Waals surface area contributed by atoms with Crippen molar-refractivity contribution in [3.8, 4) is 11.1 Å². The summed E-state index contributed by atoms with van der Waals surface area (Å²) in [7, 11) is 0. The molecular weight excluding hydrogens is 247 g/mol. The van der Waals surface area contributed by atoms with Gasteiger partial charge in [-0.3, -0.25) is 0 Å². The Kier molecular flexibility index (Phi) is 4.27. The number of rotatable bonds is 3. The molecule has 0 bridgehead atoms. The van der Waals surface area contributed by atoms with E-state index >= 15 is 0 Å². The average molecular weight is 270 g/mol. The summed E-state index contributed by atoms with van der Waals surface area (Å²) in [5.74, 6) is -0.146. The van der Waals surface area contributed by atoms with Gasteiger partial charge in [0.1, 0.15) is 5.82 Å².